The standard InChI is InChI=1S/C34H40N6S/c1-23-9-16-28-29(6-3-7-30(28)37-23)32(35)38(2)33(36)41-19-5-17-39-21-26-20-34(26,22-39)25-12-14-27(15-13-25)40-18-4-8-31(40)24-10-11-24/h3,6-7,9,12-16,26,35-36H,4-5,8,10-11,17-22H2,1-2H3/t26-,34+/m1/s1. The molecule has 0 radical (unpaired) electrons. The zero-order valence-corrected chi connectivity index (χ0v) is 25.1. The minimum Gasteiger partial charge on any atom is -0.345 e. The molecule has 2 N–H and O–H groups in total. The van der Waals surface area contributed by atoms with Crippen LogP contribution in [0.3, 0.4) is 0 Å². The summed E-state index contributed by atoms with van der Waals surface area (Å²) in [7, 11) is 1.83. The van der Waals surface area contributed by atoms with Gasteiger partial charge in [0.25, 0.3) is 0 Å². The lowest BCUT2D eigenvalue weighted by Crippen LogP contribution is -2.31. The SMILES string of the molecule is Cc1ccc2c(C(=N)N(C)C(=N)SCCCN3C[C@H]4C[C@@]4(c4ccc(N5CCCC5=C5CC5)cc4)C3)cccc2n1. The van der Waals surface area contributed by atoms with E-state index in [1.54, 1.807) is 27.9 Å². The average Bonchev–Trinajstić information content (AvgIpc) is 3.87. The summed E-state index contributed by atoms with van der Waals surface area (Å²) in [5.41, 5.74) is 9.26. The van der Waals surface area contributed by atoms with Gasteiger partial charge in [0.15, 0.2) is 5.17 Å². The van der Waals surface area contributed by atoms with Crippen molar-refractivity contribution in [3.63, 3.8) is 0 Å². The Morgan fingerprint density at radius 1 is 1.07 bits per heavy atom. The van der Waals surface area contributed by atoms with Crippen LogP contribution in [0.4, 0.5) is 5.69 Å². The number of rotatable bonds is 7. The minimum atomic E-state index is 0.344. The number of nitrogens with zero attached hydrogens (tertiary/aromatic N) is 4. The van der Waals surface area contributed by atoms with Crippen LogP contribution in [-0.4, -0.2) is 64.8 Å². The minimum absolute atomic E-state index is 0.344. The fourth-order valence-electron chi connectivity index (χ4n) is 7.16. The van der Waals surface area contributed by atoms with Crippen molar-refractivity contribution in [1.29, 1.82) is 10.8 Å². The number of hydrogen-bond donors (Lipinski definition) is 2. The predicted molar refractivity (Wildman–Crippen MR) is 171 cm³/mol. The van der Waals surface area contributed by atoms with E-state index in [0.29, 0.717) is 16.4 Å². The van der Waals surface area contributed by atoms with E-state index in [1.807, 2.05) is 44.3 Å². The van der Waals surface area contributed by atoms with E-state index in [9.17, 15) is 0 Å². The molecule has 7 heteroatoms. The normalized spacial score (nSPS) is 23.3. The molecule has 1 aromatic heterocycles. The summed E-state index contributed by atoms with van der Waals surface area (Å²) in [4.78, 5) is 11.5. The van der Waals surface area contributed by atoms with E-state index < -0.39 is 0 Å². The molecule has 7 rings (SSSR count). The summed E-state index contributed by atoms with van der Waals surface area (Å²) in [5.74, 6) is 2.03. The Morgan fingerprint density at radius 2 is 1.90 bits per heavy atom. The van der Waals surface area contributed by atoms with Gasteiger partial charge in [-0.3, -0.25) is 15.8 Å². The molecule has 2 aromatic carbocycles. The second-order valence-electron chi connectivity index (χ2n) is 12.4. The maximum absolute atomic E-state index is 8.77. The molecular formula is C34H40N6S. The number of fused-ring (bicyclic) bond motifs is 2. The van der Waals surface area contributed by atoms with Gasteiger partial charge in [-0.25, -0.2) is 0 Å². The van der Waals surface area contributed by atoms with Gasteiger partial charge in [-0.05, 0) is 87.7 Å². The van der Waals surface area contributed by atoms with Crippen molar-refractivity contribution in [2.75, 3.05) is 43.9 Å². The Hall–Kier alpha value is -3.16. The Morgan fingerprint density at radius 3 is 2.71 bits per heavy atom. The van der Waals surface area contributed by atoms with Crippen LogP contribution in [0.25, 0.3) is 10.9 Å². The lowest BCUT2D eigenvalue weighted by molar-refractivity contribution is 0.299. The first-order valence-electron chi connectivity index (χ1n) is 15.1. The Balaban J connectivity index is 0.897. The number of anilines is 1. The van der Waals surface area contributed by atoms with Crippen LogP contribution < -0.4 is 4.90 Å². The van der Waals surface area contributed by atoms with Gasteiger partial charge < -0.3 is 14.7 Å². The van der Waals surface area contributed by atoms with Crippen molar-refractivity contribution in [1.82, 2.24) is 14.8 Å². The lowest BCUT2D eigenvalue weighted by Gasteiger charge is -2.24. The average molecular weight is 565 g/mol. The van der Waals surface area contributed by atoms with Gasteiger partial charge in [0.1, 0.15) is 5.84 Å². The van der Waals surface area contributed by atoms with Gasteiger partial charge in [0.05, 0.1) is 5.52 Å². The lowest BCUT2D eigenvalue weighted by atomic mass is 9.94. The fraction of sp³-hybridized carbons (Fsp3) is 0.441. The summed E-state index contributed by atoms with van der Waals surface area (Å²) < 4.78 is 0. The number of thioether (sulfide) groups is 1. The van der Waals surface area contributed by atoms with Crippen LogP contribution in [0, 0.1) is 23.7 Å². The summed E-state index contributed by atoms with van der Waals surface area (Å²) in [6, 6.07) is 19.5. The molecular weight excluding hydrogens is 524 g/mol. The van der Waals surface area contributed by atoms with Crippen LogP contribution in [0.1, 0.15) is 55.3 Å². The first kappa shape index (κ1) is 26.7. The number of nitrogens with one attached hydrogen (secondary N) is 2. The Labute approximate surface area is 247 Å². The zero-order chi connectivity index (χ0) is 28.1. The number of benzene rings is 2. The van der Waals surface area contributed by atoms with E-state index in [4.69, 9.17) is 10.8 Å². The van der Waals surface area contributed by atoms with Gasteiger partial charge in [-0.2, -0.15) is 0 Å². The number of aryl methyl sites for hydroxylation is 1. The number of amidine groups is 2. The molecule has 0 unspecified atom stereocenters. The second kappa shape index (κ2) is 10.6. The van der Waals surface area contributed by atoms with Crippen molar-refractivity contribution in [3.05, 3.63) is 82.7 Å². The van der Waals surface area contributed by atoms with Gasteiger partial charge >= 0.3 is 0 Å². The molecule has 2 atom stereocenters. The first-order chi connectivity index (χ1) is 19.9. The topological polar surface area (TPSA) is 70.3 Å². The van der Waals surface area contributed by atoms with Gasteiger partial charge in [0.2, 0.25) is 0 Å². The highest BCUT2D eigenvalue weighted by Crippen LogP contribution is 2.59. The largest absolute Gasteiger partial charge is 0.345 e. The highest BCUT2D eigenvalue weighted by atomic mass is 32.2. The maximum Gasteiger partial charge on any atom is 0.161 e. The van der Waals surface area contributed by atoms with Crippen molar-refractivity contribution in [2.24, 2.45) is 5.92 Å². The maximum atomic E-state index is 8.77. The molecule has 4 aliphatic rings. The quantitative estimate of drug-likeness (QED) is 0.188. The molecule has 2 saturated carbocycles. The highest BCUT2D eigenvalue weighted by molar-refractivity contribution is 8.13. The molecule has 212 valence electrons. The van der Waals surface area contributed by atoms with E-state index in [-0.39, 0.29) is 0 Å². The molecule has 0 amide bonds. The number of allylic oxidation sites excluding steroid dienone is 2. The molecule has 2 aliphatic heterocycles. The number of likely N-dealkylation sites (tertiary alicyclic amines) is 1. The third kappa shape index (κ3) is 5.08. The zero-order valence-electron chi connectivity index (χ0n) is 24.2. The van der Waals surface area contributed by atoms with Crippen molar-refractivity contribution in [3.8, 4) is 0 Å². The van der Waals surface area contributed by atoms with Crippen LogP contribution in [0.2, 0.25) is 0 Å². The van der Waals surface area contributed by atoms with Crippen LogP contribution in [0.5, 0.6) is 0 Å². The molecule has 3 aromatic rings. The molecule has 4 fully saturated rings. The Kier molecular flexibility index (Phi) is 6.90. The monoisotopic (exact) mass is 564 g/mol. The number of hydrogen-bond acceptors (Lipinski definition) is 6. The molecule has 0 spiro atoms. The summed E-state index contributed by atoms with van der Waals surface area (Å²) in [5, 5.41) is 18.8. The molecule has 2 aliphatic carbocycles. The van der Waals surface area contributed by atoms with Crippen molar-refractivity contribution < 1.29 is 0 Å². The van der Waals surface area contributed by atoms with Crippen LogP contribution in [0.15, 0.2) is 65.9 Å². The first-order valence-corrected chi connectivity index (χ1v) is 16.1. The number of piperidine rings is 1. The molecule has 2 saturated heterocycles. The van der Waals surface area contributed by atoms with E-state index in [0.717, 1.165) is 53.3 Å². The van der Waals surface area contributed by atoms with Crippen LogP contribution >= 0.6 is 11.8 Å². The fourth-order valence-corrected chi connectivity index (χ4v) is 7.91. The summed E-state index contributed by atoms with van der Waals surface area (Å²) >= 11 is 1.54. The van der Waals surface area contributed by atoms with E-state index >= 15 is 0 Å². The summed E-state index contributed by atoms with van der Waals surface area (Å²) in [6.45, 7) is 6.60. The molecule has 3 heterocycles. The van der Waals surface area contributed by atoms with Crippen LogP contribution in [-0.2, 0) is 5.41 Å². The number of aromatic nitrogens is 1. The van der Waals surface area contributed by atoms with E-state index in [1.165, 1.54) is 56.4 Å². The molecule has 41 heavy (non-hydrogen) atoms. The van der Waals surface area contributed by atoms with Gasteiger partial charge in [0, 0.05) is 65.9 Å². The van der Waals surface area contributed by atoms with Crippen molar-refractivity contribution in [2.45, 2.75) is 50.9 Å². The molecule has 0 bridgehead atoms. The number of pyridine rings is 1. The predicted octanol–water partition coefficient (Wildman–Crippen LogP) is 6.78. The van der Waals surface area contributed by atoms with E-state index in [2.05, 4.69) is 39.0 Å². The van der Waals surface area contributed by atoms with Gasteiger partial charge in [-0.1, -0.05) is 47.7 Å². The third-order valence-electron chi connectivity index (χ3n) is 9.62. The third-order valence-corrected chi connectivity index (χ3v) is 10.7. The second-order valence-corrected chi connectivity index (χ2v) is 13.5. The Bertz CT molecular complexity index is 1540. The van der Waals surface area contributed by atoms with Crippen molar-refractivity contribution >= 4 is 39.4 Å². The smallest absolute Gasteiger partial charge is 0.161 e. The molecule has 6 nitrogen and oxygen atoms in total. The van der Waals surface area contributed by atoms with Gasteiger partial charge in [-0.15, -0.1) is 0 Å². The highest BCUT2D eigenvalue weighted by Gasteiger charge is 2.60. The summed E-state index contributed by atoms with van der Waals surface area (Å²) in [6.07, 6.45) is 7.56.